The molecule has 3 aliphatic carbocycles. The smallest absolute Gasteiger partial charge is 0.315 e. The van der Waals surface area contributed by atoms with Crippen molar-refractivity contribution in [2.75, 3.05) is 0 Å². The molecule has 2 saturated heterocycles. The van der Waals surface area contributed by atoms with Gasteiger partial charge in [0.25, 0.3) is 0 Å². The maximum Gasteiger partial charge on any atom is 0.315 e. The predicted molar refractivity (Wildman–Crippen MR) is 104 cm³/mol. The van der Waals surface area contributed by atoms with Gasteiger partial charge in [-0.3, -0.25) is 14.4 Å². The van der Waals surface area contributed by atoms with Crippen molar-refractivity contribution >= 4 is 17.7 Å². The Morgan fingerprint density at radius 3 is 1.33 bits per heavy atom. The lowest BCUT2D eigenvalue weighted by Gasteiger charge is -2.60. The molecule has 2 aliphatic heterocycles. The standard InChI is InChI=1S/C25H20O5/c1-20-17(26)21(2)23-14-13-22(20,23)18(27)29-24(20,15-9-5-3-6-10-15)25(21,30-19(23)28)16-11-7-4-8-12-16/h3-12H,13-14H2,1-2H3/t20-,21+,22-,23+,24+,25-. The fraction of sp³-hybridized carbons (Fsp3) is 0.400. The predicted octanol–water partition coefficient (Wildman–Crippen LogP) is 3.27. The van der Waals surface area contributed by atoms with Gasteiger partial charge in [-0.1, -0.05) is 60.7 Å². The fourth-order valence-corrected chi connectivity index (χ4v) is 8.70. The Balaban J connectivity index is 1.74. The topological polar surface area (TPSA) is 69.7 Å². The highest BCUT2D eigenvalue weighted by Crippen LogP contribution is 2.98. The molecule has 0 amide bonds. The van der Waals surface area contributed by atoms with Crippen molar-refractivity contribution in [3.63, 3.8) is 0 Å². The van der Waals surface area contributed by atoms with Crippen molar-refractivity contribution in [3.8, 4) is 0 Å². The number of ketones is 1. The fourth-order valence-electron chi connectivity index (χ4n) is 8.70. The SMILES string of the molecule is C[C@]12C(=O)[C@]3(C)[C@]45CC[C@]14C(=O)O[C@@]2(c1ccccc1)[C@@]3(c1ccccc1)OC5=O. The number of ether oxygens (including phenoxy) is 2. The molecule has 5 aliphatic rings. The van der Waals surface area contributed by atoms with Crippen LogP contribution in [0.5, 0.6) is 0 Å². The van der Waals surface area contributed by atoms with Crippen LogP contribution in [0.3, 0.4) is 0 Å². The number of Topliss-reactive ketones (excluding diaryl/α,β-unsaturated/α-hetero) is 1. The number of fused-ring (bicyclic) bond motifs is 1. The van der Waals surface area contributed by atoms with E-state index in [0.717, 1.165) is 0 Å². The van der Waals surface area contributed by atoms with E-state index >= 15 is 0 Å². The monoisotopic (exact) mass is 400 g/mol. The molecule has 0 N–H and O–H groups in total. The van der Waals surface area contributed by atoms with Crippen LogP contribution < -0.4 is 0 Å². The summed E-state index contributed by atoms with van der Waals surface area (Å²) >= 11 is 0. The molecule has 0 radical (unpaired) electrons. The minimum absolute atomic E-state index is 0.0862. The van der Waals surface area contributed by atoms with Crippen LogP contribution in [-0.4, -0.2) is 17.7 Å². The molecule has 2 aromatic rings. The molecular weight excluding hydrogens is 380 g/mol. The van der Waals surface area contributed by atoms with E-state index in [0.29, 0.717) is 24.0 Å². The summed E-state index contributed by atoms with van der Waals surface area (Å²) in [4.78, 5) is 41.7. The summed E-state index contributed by atoms with van der Waals surface area (Å²) in [6.45, 7) is 3.69. The number of rotatable bonds is 2. The first-order valence-electron chi connectivity index (χ1n) is 10.5. The van der Waals surface area contributed by atoms with Gasteiger partial charge in [-0.25, -0.2) is 0 Å². The van der Waals surface area contributed by atoms with Gasteiger partial charge >= 0.3 is 11.9 Å². The third-order valence-electron chi connectivity index (χ3n) is 9.67. The number of esters is 2. The van der Waals surface area contributed by atoms with E-state index in [2.05, 4.69) is 0 Å². The first-order chi connectivity index (χ1) is 14.3. The highest BCUT2D eigenvalue weighted by atomic mass is 16.6. The van der Waals surface area contributed by atoms with Gasteiger partial charge in [0.15, 0.2) is 17.0 Å². The number of carbonyl (C=O) groups excluding carboxylic acids is 3. The Bertz CT molecular complexity index is 1110. The van der Waals surface area contributed by atoms with Crippen molar-refractivity contribution in [2.24, 2.45) is 21.7 Å². The minimum atomic E-state index is -1.40. The van der Waals surface area contributed by atoms with Crippen LogP contribution in [0.1, 0.15) is 37.8 Å². The summed E-state index contributed by atoms with van der Waals surface area (Å²) in [6.07, 6.45) is 0.941. The second kappa shape index (κ2) is 4.25. The first kappa shape index (κ1) is 16.8. The van der Waals surface area contributed by atoms with E-state index in [1.165, 1.54) is 0 Å². The lowest BCUT2D eigenvalue weighted by atomic mass is 9.34. The number of benzene rings is 2. The molecule has 5 heteroatoms. The van der Waals surface area contributed by atoms with Crippen molar-refractivity contribution in [1.82, 2.24) is 0 Å². The van der Waals surface area contributed by atoms with Gasteiger partial charge in [0, 0.05) is 11.1 Å². The molecule has 2 aromatic carbocycles. The zero-order valence-corrected chi connectivity index (χ0v) is 16.7. The van der Waals surface area contributed by atoms with E-state index < -0.39 is 44.8 Å². The molecule has 6 atom stereocenters. The Kier molecular flexibility index (Phi) is 2.38. The highest BCUT2D eigenvalue weighted by molar-refractivity contribution is 6.17. The largest absolute Gasteiger partial charge is 0.448 e. The summed E-state index contributed by atoms with van der Waals surface area (Å²) in [6, 6.07) is 18.8. The maximum atomic E-state index is 14.4. The molecule has 2 heterocycles. The van der Waals surface area contributed by atoms with Crippen molar-refractivity contribution in [2.45, 2.75) is 37.9 Å². The molecule has 2 bridgehead atoms. The van der Waals surface area contributed by atoms with E-state index in [-0.39, 0.29) is 5.78 Å². The zero-order chi connectivity index (χ0) is 20.8. The first-order valence-corrected chi connectivity index (χ1v) is 10.5. The Labute approximate surface area is 173 Å². The van der Waals surface area contributed by atoms with E-state index in [4.69, 9.17) is 9.47 Å². The summed E-state index contributed by atoms with van der Waals surface area (Å²) in [5, 5.41) is 0. The van der Waals surface area contributed by atoms with Gasteiger partial charge in [0.2, 0.25) is 0 Å². The lowest BCUT2D eigenvalue weighted by molar-refractivity contribution is -0.225. The van der Waals surface area contributed by atoms with Gasteiger partial charge in [-0.05, 0) is 26.7 Å². The van der Waals surface area contributed by atoms with Gasteiger partial charge in [-0.15, -0.1) is 0 Å². The van der Waals surface area contributed by atoms with Crippen molar-refractivity contribution in [1.29, 1.82) is 0 Å². The molecule has 2 spiro atoms. The summed E-state index contributed by atoms with van der Waals surface area (Å²) in [5.74, 6) is -0.935. The molecule has 5 fully saturated rings. The second-order valence-electron chi connectivity index (χ2n) is 9.76. The highest BCUT2D eigenvalue weighted by Gasteiger charge is 3.10. The molecule has 7 rings (SSSR count). The summed E-state index contributed by atoms with van der Waals surface area (Å²) in [7, 11) is 0. The molecule has 0 unspecified atom stereocenters. The molecule has 30 heavy (non-hydrogen) atoms. The third kappa shape index (κ3) is 1.01. The molecule has 0 aromatic heterocycles. The molecule has 5 nitrogen and oxygen atoms in total. The van der Waals surface area contributed by atoms with Crippen molar-refractivity contribution in [3.05, 3.63) is 71.8 Å². The molecule has 150 valence electrons. The normalized spacial score (nSPS) is 48.9. The lowest BCUT2D eigenvalue weighted by Crippen LogP contribution is -2.69. The van der Waals surface area contributed by atoms with Gasteiger partial charge in [0.1, 0.15) is 10.8 Å². The van der Waals surface area contributed by atoms with E-state index in [9.17, 15) is 14.4 Å². The third-order valence-corrected chi connectivity index (χ3v) is 9.67. The maximum absolute atomic E-state index is 14.4. The summed E-state index contributed by atoms with van der Waals surface area (Å²) in [5.41, 5.74) is -6.09. The molecular formula is C25H20O5. The van der Waals surface area contributed by atoms with Crippen LogP contribution in [0.25, 0.3) is 0 Å². The zero-order valence-electron chi connectivity index (χ0n) is 16.7. The van der Waals surface area contributed by atoms with Crippen LogP contribution >= 0.6 is 0 Å². The van der Waals surface area contributed by atoms with Gasteiger partial charge in [0.05, 0.1) is 10.8 Å². The van der Waals surface area contributed by atoms with Crippen molar-refractivity contribution < 1.29 is 23.9 Å². The quantitative estimate of drug-likeness (QED) is 0.724. The van der Waals surface area contributed by atoms with Gasteiger partial charge < -0.3 is 9.47 Å². The van der Waals surface area contributed by atoms with Gasteiger partial charge in [-0.2, -0.15) is 0 Å². The number of hydrogen-bond donors (Lipinski definition) is 0. The molecule has 3 saturated carbocycles. The van der Waals surface area contributed by atoms with Crippen LogP contribution in [0.15, 0.2) is 60.7 Å². The van der Waals surface area contributed by atoms with Crippen LogP contribution in [-0.2, 0) is 35.1 Å². The summed E-state index contributed by atoms with van der Waals surface area (Å²) < 4.78 is 12.7. The Hall–Kier alpha value is -2.95. The number of hydrogen-bond acceptors (Lipinski definition) is 5. The van der Waals surface area contributed by atoms with Crippen LogP contribution in [0.2, 0.25) is 0 Å². The van der Waals surface area contributed by atoms with Crippen LogP contribution in [0.4, 0.5) is 0 Å². The number of carbonyl (C=O) groups is 3. The Morgan fingerprint density at radius 2 is 1.00 bits per heavy atom. The second-order valence-corrected chi connectivity index (χ2v) is 9.76. The average molecular weight is 400 g/mol. The Morgan fingerprint density at radius 1 is 0.633 bits per heavy atom. The van der Waals surface area contributed by atoms with Crippen LogP contribution in [0, 0.1) is 21.7 Å². The average Bonchev–Trinajstić information content (AvgIpc) is 3.17. The van der Waals surface area contributed by atoms with E-state index in [1.54, 1.807) is 0 Å². The minimum Gasteiger partial charge on any atom is -0.448 e. The van der Waals surface area contributed by atoms with E-state index in [1.807, 2.05) is 74.5 Å².